The lowest BCUT2D eigenvalue weighted by molar-refractivity contribution is -0.144. The van der Waals surface area contributed by atoms with Gasteiger partial charge < -0.3 is 5.32 Å². The maximum Gasteiger partial charge on any atom is 0.453 e. The molecule has 138 valence electrons. The molecule has 0 aliphatic carbocycles. The van der Waals surface area contributed by atoms with Crippen LogP contribution in [-0.2, 0) is 6.18 Å². The summed E-state index contributed by atoms with van der Waals surface area (Å²) in [7, 11) is 0. The van der Waals surface area contributed by atoms with Crippen molar-refractivity contribution in [3.8, 4) is 0 Å². The molecule has 0 radical (unpaired) electrons. The van der Waals surface area contributed by atoms with Gasteiger partial charge in [0.1, 0.15) is 16.9 Å². The Labute approximate surface area is 155 Å². The zero-order chi connectivity index (χ0) is 19.0. The van der Waals surface area contributed by atoms with E-state index < -0.39 is 12.0 Å². The molecule has 4 aromatic rings. The Morgan fingerprint density at radius 3 is 2.59 bits per heavy atom. The van der Waals surface area contributed by atoms with E-state index in [4.69, 9.17) is 0 Å². The molecule has 1 unspecified atom stereocenters. The standard InChI is InChI=1S/C17H13F3N6S/c1-10-9-12(26-16(22-10)24-15(25-26)17(18,19)20)23-13(14-21-7-8-27-14)11-5-3-2-4-6-11/h2-9,13,23H,1H3. The summed E-state index contributed by atoms with van der Waals surface area (Å²) in [5.74, 6) is -0.991. The van der Waals surface area contributed by atoms with Crippen molar-refractivity contribution in [2.45, 2.75) is 19.1 Å². The Hall–Kier alpha value is -3.01. The van der Waals surface area contributed by atoms with Crippen molar-refractivity contribution in [3.05, 3.63) is 70.1 Å². The predicted molar refractivity (Wildman–Crippen MR) is 94.5 cm³/mol. The van der Waals surface area contributed by atoms with E-state index in [0.29, 0.717) is 11.5 Å². The molecule has 10 heteroatoms. The average molecular weight is 390 g/mol. The summed E-state index contributed by atoms with van der Waals surface area (Å²) in [5, 5.41) is 9.46. The second-order valence-corrected chi connectivity index (χ2v) is 6.71. The van der Waals surface area contributed by atoms with Crippen LogP contribution in [0.4, 0.5) is 19.0 Å². The SMILES string of the molecule is Cc1cc(NC(c2ccccc2)c2nccs2)n2nc(C(F)(F)F)nc2n1. The van der Waals surface area contributed by atoms with Gasteiger partial charge in [-0.05, 0) is 12.5 Å². The maximum atomic E-state index is 13.0. The van der Waals surface area contributed by atoms with E-state index in [-0.39, 0.29) is 11.8 Å². The minimum Gasteiger partial charge on any atom is -0.357 e. The van der Waals surface area contributed by atoms with Gasteiger partial charge in [-0.25, -0.2) is 9.97 Å². The largest absolute Gasteiger partial charge is 0.453 e. The number of aromatic nitrogens is 5. The van der Waals surface area contributed by atoms with Crippen molar-refractivity contribution >= 4 is 22.9 Å². The average Bonchev–Trinajstić information content (AvgIpc) is 3.29. The summed E-state index contributed by atoms with van der Waals surface area (Å²) < 4.78 is 40.1. The number of halogens is 3. The highest BCUT2D eigenvalue weighted by Gasteiger charge is 2.37. The lowest BCUT2D eigenvalue weighted by Crippen LogP contribution is -2.15. The van der Waals surface area contributed by atoms with Crippen LogP contribution in [0.1, 0.15) is 28.1 Å². The van der Waals surface area contributed by atoms with Gasteiger partial charge in [0, 0.05) is 23.3 Å². The Balaban J connectivity index is 1.82. The third-order valence-electron chi connectivity index (χ3n) is 3.82. The summed E-state index contributed by atoms with van der Waals surface area (Å²) in [6, 6.07) is 10.8. The Morgan fingerprint density at radius 1 is 1.15 bits per heavy atom. The molecular formula is C17H13F3N6S. The first-order chi connectivity index (χ1) is 12.9. The zero-order valence-corrected chi connectivity index (χ0v) is 14.8. The summed E-state index contributed by atoms with van der Waals surface area (Å²) >= 11 is 1.45. The Morgan fingerprint density at radius 2 is 1.93 bits per heavy atom. The number of nitrogens with one attached hydrogen (secondary N) is 1. The van der Waals surface area contributed by atoms with Gasteiger partial charge in [0.05, 0.1) is 0 Å². The van der Waals surface area contributed by atoms with Gasteiger partial charge in [0.2, 0.25) is 0 Å². The van der Waals surface area contributed by atoms with Crippen LogP contribution in [0, 0.1) is 6.92 Å². The smallest absolute Gasteiger partial charge is 0.357 e. The highest BCUT2D eigenvalue weighted by molar-refractivity contribution is 7.09. The van der Waals surface area contributed by atoms with Gasteiger partial charge in [-0.15, -0.1) is 16.4 Å². The normalized spacial score (nSPS) is 13.0. The van der Waals surface area contributed by atoms with Gasteiger partial charge in [-0.1, -0.05) is 30.3 Å². The van der Waals surface area contributed by atoms with E-state index in [9.17, 15) is 13.2 Å². The minimum absolute atomic E-state index is 0.115. The molecule has 0 saturated carbocycles. The number of hydrogen-bond donors (Lipinski definition) is 1. The summed E-state index contributed by atoms with van der Waals surface area (Å²) in [4.78, 5) is 11.9. The summed E-state index contributed by atoms with van der Waals surface area (Å²) in [6.07, 6.45) is -2.96. The molecule has 0 aliphatic heterocycles. The van der Waals surface area contributed by atoms with Crippen molar-refractivity contribution < 1.29 is 13.2 Å². The summed E-state index contributed by atoms with van der Waals surface area (Å²) in [5.41, 5.74) is 1.45. The first-order valence-corrected chi connectivity index (χ1v) is 8.82. The van der Waals surface area contributed by atoms with Crippen LogP contribution in [0.15, 0.2) is 48.0 Å². The quantitative estimate of drug-likeness (QED) is 0.568. The van der Waals surface area contributed by atoms with Crippen LogP contribution in [0.3, 0.4) is 0 Å². The van der Waals surface area contributed by atoms with Crippen molar-refractivity contribution in [2.75, 3.05) is 5.32 Å². The van der Waals surface area contributed by atoms with Crippen molar-refractivity contribution in [1.29, 1.82) is 0 Å². The number of alkyl halides is 3. The number of hydrogen-bond acceptors (Lipinski definition) is 6. The molecule has 0 bridgehead atoms. The molecule has 1 aromatic carbocycles. The van der Waals surface area contributed by atoms with E-state index in [1.54, 1.807) is 19.2 Å². The van der Waals surface area contributed by atoms with E-state index in [1.165, 1.54) is 11.3 Å². The number of aryl methyl sites for hydroxylation is 1. The third kappa shape index (κ3) is 3.47. The van der Waals surface area contributed by atoms with Crippen molar-refractivity contribution in [2.24, 2.45) is 0 Å². The summed E-state index contributed by atoms with van der Waals surface area (Å²) in [6.45, 7) is 1.69. The molecule has 0 saturated heterocycles. The second kappa shape index (κ2) is 6.62. The Bertz CT molecular complexity index is 1060. The molecule has 4 rings (SSSR count). The molecule has 27 heavy (non-hydrogen) atoms. The monoisotopic (exact) mass is 390 g/mol. The maximum absolute atomic E-state index is 13.0. The fourth-order valence-corrected chi connectivity index (χ4v) is 3.38. The lowest BCUT2D eigenvalue weighted by Gasteiger charge is -2.19. The van der Waals surface area contributed by atoms with Gasteiger partial charge in [-0.2, -0.15) is 22.7 Å². The zero-order valence-electron chi connectivity index (χ0n) is 14.0. The molecule has 0 amide bonds. The van der Waals surface area contributed by atoms with E-state index in [1.807, 2.05) is 35.7 Å². The minimum atomic E-state index is -4.65. The molecule has 0 fully saturated rings. The van der Waals surface area contributed by atoms with Crippen LogP contribution in [0.5, 0.6) is 0 Å². The molecule has 0 spiro atoms. The molecule has 3 aromatic heterocycles. The number of nitrogens with zero attached hydrogens (tertiary/aromatic N) is 5. The molecule has 1 atom stereocenters. The van der Waals surface area contributed by atoms with Crippen LogP contribution >= 0.6 is 11.3 Å². The molecule has 6 nitrogen and oxygen atoms in total. The number of anilines is 1. The molecule has 1 N–H and O–H groups in total. The van der Waals surface area contributed by atoms with E-state index in [0.717, 1.165) is 15.1 Å². The molecule has 3 heterocycles. The van der Waals surface area contributed by atoms with E-state index >= 15 is 0 Å². The van der Waals surface area contributed by atoms with Gasteiger partial charge in [0.15, 0.2) is 0 Å². The third-order valence-corrected chi connectivity index (χ3v) is 4.66. The van der Waals surface area contributed by atoms with Crippen LogP contribution in [0.25, 0.3) is 5.78 Å². The van der Waals surface area contributed by atoms with Crippen molar-refractivity contribution in [1.82, 2.24) is 24.6 Å². The van der Waals surface area contributed by atoms with Crippen LogP contribution < -0.4 is 5.32 Å². The van der Waals surface area contributed by atoms with Crippen LogP contribution in [-0.4, -0.2) is 24.6 Å². The first-order valence-electron chi connectivity index (χ1n) is 7.94. The number of rotatable bonds is 4. The van der Waals surface area contributed by atoms with Gasteiger partial charge in [0.25, 0.3) is 11.6 Å². The lowest BCUT2D eigenvalue weighted by atomic mass is 10.1. The fraction of sp³-hybridized carbons (Fsp3) is 0.176. The first kappa shape index (κ1) is 17.4. The predicted octanol–water partition coefficient (Wildman–Crippen LogP) is 4.11. The molecule has 0 aliphatic rings. The topological polar surface area (TPSA) is 68.0 Å². The van der Waals surface area contributed by atoms with Crippen LogP contribution in [0.2, 0.25) is 0 Å². The second-order valence-electron chi connectivity index (χ2n) is 5.79. The highest BCUT2D eigenvalue weighted by atomic mass is 32.1. The Kier molecular flexibility index (Phi) is 4.27. The number of thiazole rings is 1. The van der Waals surface area contributed by atoms with Gasteiger partial charge in [-0.3, -0.25) is 0 Å². The fourth-order valence-electron chi connectivity index (χ4n) is 2.67. The molecular weight excluding hydrogens is 377 g/mol. The highest BCUT2D eigenvalue weighted by Crippen LogP contribution is 2.30. The van der Waals surface area contributed by atoms with Gasteiger partial charge >= 0.3 is 6.18 Å². The van der Waals surface area contributed by atoms with E-state index in [2.05, 4.69) is 25.4 Å². The van der Waals surface area contributed by atoms with Crippen molar-refractivity contribution in [3.63, 3.8) is 0 Å². The number of benzene rings is 1. The number of fused-ring (bicyclic) bond motifs is 1.